The van der Waals surface area contributed by atoms with Crippen LogP contribution in [0.5, 0.6) is 11.5 Å². The lowest BCUT2D eigenvalue weighted by atomic mass is 10.1. The van der Waals surface area contributed by atoms with Gasteiger partial charge in [-0.3, -0.25) is 9.69 Å². The molecular weight excluding hydrogens is 464 g/mol. The van der Waals surface area contributed by atoms with E-state index in [1.165, 1.54) is 11.3 Å². The number of para-hydroxylation sites is 2. The highest BCUT2D eigenvalue weighted by molar-refractivity contribution is 7.14. The molecule has 1 amide bonds. The summed E-state index contributed by atoms with van der Waals surface area (Å²) in [4.78, 5) is 25.7. The quantitative estimate of drug-likeness (QED) is 0.422. The lowest BCUT2D eigenvalue weighted by Gasteiger charge is -2.21. The van der Waals surface area contributed by atoms with E-state index >= 15 is 0 Å². The van der Waals surface area contributed by atoms with Gasteiger partial charge in [0.25, 0.3) is 5.91 Å². The number of nitriles is 1. The van der Waals surface area contributed by atoms with Crippen molar-refractivity contribution in [3.63, 3.8) is 0 Å². The summed E-state index contributed by atoms with van der Waals surface area (Å²) in [6.07, 6.45) is 2.04. The van der Waals surface area contributed by atoms with Gasteiger partial charge in [0.15, 0.2) is 16.6 Å². The highest BCUT2D eigenvalue weighted by Gasteiger charge is 2.27. The average Bonchev–Trinajstić information content (AvgIpc) is 3.54. The molecular formula is C25H28N6O3S. The fourth-order valence-electron chi connectivity index (χ4n) is 4.01. The molecule has 1 N–H and O–H groups in total. The van der Waals surface area contributed by atoms with Crippen LogP contribution in [0.1, 0.15) is 35.1 Å². The third-order valence-electron chi connectivity index (χ3n) is 5.81. The topological polar surface area (TPSA) is 104 Å². The number of likely N-dealkylation sites (N-methyl/N-ethyl adjacent to an activating group) is 1. The maximum absolute atomic E-state index is 12.8. The number of thiazole rings is 1. The molecule has 0 bridgehead atoms. The molecule has 10 heteroatoms. The van der Waals surface area contributed by atoms with Crippen LogP contribution in [0.3, 0.4) is 0 Å². The van der Waals surface area contributed by atoms with E-state index in [9.17, 15) is 4.79 Å². The molecule has 0 saturated carbocycles. The minimum absolute atomic E-state index is 0.150. The Bertz CT molecular complexity index is 1190. The Morgan fingerprint density at radius 1 is 1.26 bits per heavy atom. The fraction of sp³-hybridized carbons (Fsp3) is 0.360. The predicted octanol–water partition coefficient (Wildman–Crippen LogP) is 4.10. The van der Waals surface area contributed by atoms with E-state index in [0.717, 1.165) is 25.1 Å². The summed E-state index contributed by atoms with van der Waals surface area (Å²) in [5, 5.41) is 14.6. The van der Waals surface area contributed by atoms with E-state index in [1.807, 2.05) is 42.5 Å². The van der Waals surface area contributed by atoms with Crippen LogP contribution < -0.4 is 14.8 Å². The zero-order valence-electron chi connectivity index (χ0n) is 19.8. The van der Waals surface area contributed by atoms with Gasteiger partial charge in [0.2, 0.25) is 0 Å². The molecule has 0 unspecified atom stereocenters. The normalized spacial score (nSPS) is 15.4. The zero-order chi connectivity index (χ0) is 24.6. The molecule has 1 aliphatic rings. The highest BCUT2D eigenvalue weighted by atomic mass is 32.1. The molecule has 9 nitrogen and oxygen atoms in total. The van der Waals surface area contributed by atoms with Crippen molar-refractivity contribution in [1.82, 2.24) is 19.8 Å². The number of likely N-dealkylation sites (tertiary alicyclic amines) is 1. The lowest BCUT2D eigenvalue weighted by Crippen LogP contribution is -2.31. The molecule has 182 valence electrons. The van der Waals surface area contributed by atoms with Crippen LogP contribution in [0.25, 0.3) is 0 Å². The number of ether oxygens (including phenoxy) is 2. The molecule has 3 heterocycles. The molecule has 1 aromatic carbocycles. The van der Waals surface area contributed by atoms with Gasteiger partial charge in [-0.25, -0.2) is 9.97 Å². The molecule has 0 radical (unpaired) electrons. The molecule has 2 aromatic heterocycles. The van der Waals surface area contributed by atoms with Crippen molar-refractivity contribution in [1.29, 1.82) is 5.26 Å². The van der Waals surface area contributed by atoms with Crippen LogP contribution in [0.2, 0.25) is 0 Å². The van der Waals surface area contributed by atoms with Gasteiger partial charge in [-0.15, -0.1) is 11.3 Å². The van der Waals surface area contributed by atoms with Crippen molar-refractivity contribution < 1.29 is 14.3 Å². The second-order valence-corrected chi connectivity index (χ2v) is 8.98. The Balaban J connectivity index is 1.33. The number of methoxy groups -OCH3 is 1. The first-order valence-corrected chi connectivity index (χ1v) is 12.3. The highest BCUT2D eigenvalue weighted by Crippen LogP contribution is 2.31. The molecule has 0 aliphatic carbocycles. The van der Waals surface area contributed by atoms with Crippen molar-refractivity contribution >= 4 is 28.2 Å². The van der Waals surface area contributed by atoms with Crippen LogP contribution in [-0.4, -0.2) is 66.1 Å². The molecule has 1 saturated heterocycles. The zero-order valence-corrected chi connectivity index (χ0v) is 20.6. The van der Waals surface area contributed by atoms with Gasteiger partial charge in [0.1, 0.15) is 18.1 Å². The summed E-state index contributed by atoms with van der Waals surface area (Å²) in [5.41, 5.74) is 1.30. The Morgan fingerprint density at radius 2 is 2.09 bits per heavy atom. The molecule has 3 aromatic rings. The molecule has 1 atom stereocenters. The Kier molecular flexibility index (Phi) is 8.13. The number of nitrogens with zero attached hydrogens (tertiary/aromatic N) is 5. The number of pyridine rings is 1. The number of carbonyl (C=O) groups excluding carboxylic acids is 1. The third kappa shape index (κ3) is 6.07. The van der Waals surface area contributed by atoms with Crippen molar-refractivity contribution in [3.8, 4) is 17.6 Å². The molecule has 0 spiro atoms. The summed E-state index contributed by atoms with van der Waals surface area (Å²) < 4.78 is 11.0. The predicted molar refractivity (Wildman–Crippen MR) is 134 cm³/mol. The number of hydrogen-bond donors (Lipinski definition) is 1. The summed E-state index contributed by atoms with van der Waals surface area (Å²) in [5.74, 6) is 1.77. The number of amides is 1. The second-order valence-electron chi connectivity index (χ2n) is 8.12. The Labute approximate surface area is 208 Å². The monoisotopic (exact) mass is 492 g/mol. The minimum atomic E-state index is -0.183. The fourth-order valence-corrected chi connectivity index (χ4v) is 4.71. The standard InChI is InChI=1S/C25H28N6O3S/c1-30(15-16-34-22-10-4-3-9-21(22)33-2)24(32)19-17-35-25(28-19)29-23-11-5-7-18(27-23)20-8-6-13-31(20)14-12-26/h3-5,7,9-11,17,20H,6,8,13-16H2,1-2H3,(H,27,28,29)/t20-/m1/s1. The first-order valence-electron chi connectivity index (χ1n) is 11.4. The van der Waals surface area contributed by atoms with Crippen LogP contribution in [-0.2, 0) is 0 Å². The van der Waals surface area contributed by atoms with Crippen LogP contribution >= 0.6 is 11.3 Å². The van der Waals surface area contributed by atoms with Gasteiger partial charge >= 0.3 is 0 Å². The second kappa shape index (κ2) is 11.6. The minimum Gasteiger partial charge on any atom is -0.493 e. The Hall–Kier alpha value is -3.68. The van der Waals surface area contributed by atoms with E-state index < -0.39 is 0 Å². The first-order chi connectivity index (χ1) is 17.1. The van der Waals surface area contributed by atoms with Gasteiger partial charge in [0, 0.05) is 12.4 Å². The van der Waals surface area contributed by atoms with Gasteiger partial charge < -0.3 is 19.7 Å². The van der Waals surface area contributed by atoms with E-state index in [1.54, 1.807) is 24.4 Å². The van der Waals surface area contributed by atoms with Gasteiger partial charge in [-0.05, 0) is 43.7 Å². The van der Waals surface area contributed by atoms with E-state index in [4.69, 9.17) is 19.7 Å². The number of carbonyl (C=O) groups is 1. The number of hydrogen-bond acceptors (Lipinski definition) is 9. The van der Waals surface area contributed by atoms with Gasteiger partial charge in [-0.2, -0.15) is 5.26 Å². The SMILES string of the molecule is COc1ccccc1OCCN(C)C(=O)c1csc(Nc2cccc([C@H]3CCCN3CC#N)n2)n1. The van der Waals surface area contributed by atoms with Crippen molar-refractivity contribution in [2.24, 2.45) is 0 Å². The lowest BCUT2D eigenvalue weighted by molar-refractivity contribution is 0.0768. The van der Waals surface area contributed by atoms with E-state index in [0.29, 0.717) is 47.8 Å². The molecule has 1 fully saturated rings. The number of nitrogens with one attached hydrogen (secondary N) is 1. The summed E-state index contributed by atoms with van der Waals surface area (Å²) in [7, 11) is 3.32. The van der Waals surface area contributed by atoms with E-state index in [2.05, 4.69) is 21.3 Å². The summed E-state index contributed by atoms with van der Waals surface area (Å²) in [6.45, 7) is 2.05. The van der Waals surface area contributed by atoms with Gasteiger partial charge in [0.05, 0.1) is 38.0 Å². The first kappa shape index (κ1) is 24.4. The molecule has 4 rings (SSSR count). The smallest absolute Gasteiger partial charge is 0.273 e. The third-order valence-corrected chi connectivity index (χ3v) is 6.57. The summed E-state index contributed by atoms with van der Waals surface area (Å²) in [6, 6.07) is 15.6. The molecule has 1 aliphatic heterocycles. The van der Waals surface area contributed by atoms with Crippen molar-refractivity contribution in [3.05, 3.63) is 59.2 Å². The maximum atomic E-state index is 12.8. The van der Waals surface area contributed by atoms with Crippen LogP contribution in [0.4, 0.5) is 10.9 Å². The summed E-state index contributed by atoms with van der Waals surface area (Å²) >= 11 is 1.35. The average molecular weight is 493 g/mol. The van der Waals surface area contributed by atoms with E-state index in [-0.39, 0.29) is 11.9 Å². The van der Waals surface area contributed by atoms with Crippen molar-refractivity contribution in [2.45, 2.75) is 18.9 Å². The largest absolute Gasteiger partial charge is 0.493 e. The molecule has 35 heavy (non-hydrogen) atoms. The number of anilines is 2. The number of benzene rings is 1. The van der Waals surface area contributed by atoms with Crippen LogP contribution in [0, 0.1) is 11.3 Å². The number of aromatic nitrogens is 2. The Morgan fingerprint density at radius 3 is 2.89 bits per heavy atom. The van der Waals surface area contributed by atoms with Crippen LogP contribution in [0.15, 0.2) is 47.8 Å². The van der Waals surface area contributed by atoms with Crippen molar-refractivity contribution in [2.75, 3.05) is 45.7 Å². The number of rotatable bonds is 10. The van der Waals surface area contributed by atoms with Gasteiger partial charge in [-0.1, -0.05) is 18.2 Å². The maximum Gasteiger partial charge on any atom is 0.273 e.